The lowest BCUT2D eigenvalue weighted by atomic mass is 9.97. The zero-order valence-corrected chi connectivity index (χ0v) is 11.1. The lowest BCUT2D eigenvalue weighted by Gasteiger charge is -2.15. The molecule has 1 heterocycles. The summed E-state index contributed by atoms with van der Waals surface area (Å²) in [6.07, 6.45) is 1.39. The van der Waals surface area contributed by atoms with Gasteiger partial charge in [0.2, 0.25) is 0 Å². The Balaban J connectivity index is 2.60. The van der Waals surface area contributed by atoms with E-state index in [1.54, 1.807) is 0 Å². The number of carbonyl (C=O) groups is 1. The number of hydrogen-bond acceptors (Lipinski definition) is 2. The average Bonchev–Trinajstić information content (AvgIpc) is 2.40. The van der Waals surface area contributed by atoms with Crippen LogP contribution < -0.4 is 4.74 Å². The van der Waals surface area contributed by atoms with Crippen LogP contribution in [0.15, 0.2) is 16.6 Å². The maximum Gasteiger partial charge on any atom is 0.166 e. The Labute approximate surface area is 104 Å². The maximum atomic E-state index is 11.9. The second-order valence-corrected chi connectivity index (χ2v) is 5.32. The fourth-order valence-electron chi connectivity index (χ4n) is 1.95. The molecule has 0 radical (unpaired) electrons. The van der Waals surface area contributed by atoms with Crippen LogP contribution in [0.1, 0.15) is 48.5 Å². The molecule has 1 aliphatic rings. The van der Waals surface area contributed by atoms with Gasteiger partial charge in [-0.05, 0) is 30.0 Å². The van der Waals surface area contributed by atoms with E-state index in [2.05, 4.69) is 29.8 Å². The lowest BCUT2D eigenvalue weighted by Crippen LogP contribution is -2.03. The van der Waals surface area contributed by atoms with Gasteiger partial charge in [-0.3, -0.25) is 4.79 Å². The van der Waals surface area contributed by atoms with Gasteiger partial charge in [0.25, 0.3) is 0 Å². The van der Waals surface area contributed by atoms with E-state index >= 15 is 0 Å². The molecule has 0 aliphatic carbocycles. The van der Waals surface area contributed by atoms with E-state index in [1.165, 1.54) is 0 Å². The Morgan fingerprint density at radius 2 is 2.12 bits per heavy atom. The summed E-state index contributed by atoms with van der Waals surface area (Å²) in [5, 5.41) is 0. The topological polar surface area (TPSA) is 26.3 Å². The molecule has 2 rings (SSSR count). The number of halogens is 1. The molecule has 0 saturated heterocycles. The van der Waals surface area contributed by atoms with Gasteiger partial charge < -0.3 is 4.74 Å². The number of ketones is 1. The summed E-state index contributed by atoms with van der Waals surface area (Å²) in [6.45, 7) is 4.86. The predicted octanol–water partition coefficient (Wildman–Crippen LogP) is 3.93. The van der Waals surface area contributed by atoms with Crippen LogP contribution in [0.25, 0.3) is 0 Å². The van der Waals surface area contributed by atoms with E-state index in [0.29, 0.717) is 18.9 Å². The summed E-state index contributed by atoms with van der Waals surface area (Å²) < 4.78 is 6.68. The van der Waals surface area contributed by atoms with Gasteiger partial charge in [0.15, 0.2) is 5.78 Å². The van der Waals surface area contributed by atoms with Crippen molar-refractivity contribution in [1.29, 1.82) is 0 Å². The molecule has 2 nitrogen and oxygen atoms in total. The van der Waals surface area contributed by atoms with Crippen molar-refractivity contribution in [3.05, 3.63) is 27.7 Å². The van der Waals surface area contributed by atoms with Crippen molar-refractivity contribution in [3.8, 4) is 5.75 Å². The van der Waals surface area contributed by atoms with Gasteiger partial charge in [0, 0.05) is 10.9 Å². The quantitative estimate of drug-likeness (QED) is 0.780. The molecular weight excluding hydrogens is 268 g/mol. The highest BCUT2D eigenvalue weighted by Gasteiger charge is 2.21. The molecule has 16 heavy (non-hydrogen) atoms. The molecule has 0 unspecified atom stereocenters. The van der Waals surface area contributed by atoms with Gasteiger partial charge in [0.1, 0.15) is 5.75 Å². The van der Waals surface area contributed by atoms with Crippen LogP contribution in [0.5, 0.6) is 5.75 Å². The van der Waals surface area contributed by atoms with Gasteiger partial charge in [-0.15, -0.1) is 0 Å². The third-order valence-electron chi connectivity index (χ3n) is 2.80. The molecule has 1 aliphatic heterocycles. The number of carbonyl (C=O) groups excluding carboxylic acids is 1. The summed E-state index contributed by atoms with van der Waals surface area (Å²) >= 11 is 3.45. The molecule has 86 valence electrons. The first-order valence-electron chi connectivity index (χ1n) is 5.59. The number of ether oxygens (including phenoxy) is 1. The molecule has 0 fully saturated rings. The molecule has 0 bridgehead atoms. The molecule has 0 aromatic heterocycles. The molecule has 0 atom stereocenters. The zero-order valence-electron chi connectivity index (χ0n) is 9.55. The standard InChI is InChI=1S/C13H15BrO2/c1-8(2)10-6-9(14)7-11-12(15)4-3-5-16-13(10)11/h6-8H,3-5H2,1-2H3. The van der Waals surface area contributed by atoms with Crippen molar-refractivity contribution in [2.45, 2.75) is 32.6 Å². The fourth-order valence-corrected chi connectivity index (χ4v) is 2.43. The van der Waals surface area contributed by atoms with E-state index in [9.17, 15) is 4.79 Å². The maximum absolute atomic E-state index is 11.9. The normalized spacial score (nSPS) is 15.6. The molecule has 1 aromatic rings. The van der Waals surface area contributed by atoms with Crippen LogP contribution in [0.2, 0.25) is 0 Å². The molecule has 0 spiro atoms. The summed E-state index contributed by atoms with van der Waals surface area (Å²) in [6, 6.07) is 3.91. The van der Waals surface area contributed by atoms with Gasteiger partial charge in [-0.25, -0.2) is 0 Å². The monoisotopic (exact) mass is 282 g/mol. The van der Waals surface area contributed by atoms with Crippen molar-refractivity contribution in [2.24, 2.45) is 0 Å². The van der Waals surface area contributed by atoms with E-state index in [4.69, 9.17) is 4.74 Å². The van der Waals surface area contributed by atoms with Crippen LogP contribution in [0.3, 0.4) is 0 Å². The van der Waals surface area contributed by atoms with Crippen LogP contribution >= 0.6 is 15.9 Å². The summed E-state index contributed by atoms with van der Waals surface area (Å²) in [5.41, 5.74) is 1.84. The highest BCUT2D eigenvalue weighted by Crippen LogP contribution is 2.35. The first kappa shape index (κ1) is 11.6. The first-order chi connectivity index (χ1) is 7.59. The van der Waals surface area contributed by atoms with Gasteiger partial charge in [-0.2, -0.15) is 0 Å². The lowest BCUT2D eigenvalue weighted by molar-refractivity contribution is 0.0983. The Bertz CT molecular complexity index is 424. The van der Waals surface area contributed by atoms with E-state index in [-0.39, 0.29) is 5.78 Å². The Morgan fingerprint density at radius 3 is 2.81 bits per heavy atom. The second kappa shape index (κ2) is 4.58. The highest BCUT2D eigenvalue weighted by atomic mass is 79.9. The number of hydrogen-bond donors (Lipinski definition) is 0. The summed E-state index contributed by atoms with van der Waals surface area (Å²) in [5.74, 6) is 1.34. The third-order valence-corrected chi connectivity index (χ3v) is 3.26. The minimum Gasteiger partial charge on any atom is -0.493 e. The van der Waals surface area contributed by atoms with Crippen LogP contribution in [0.4, 0.5) is 0 Å². The Kier molecular flexibility index (Phi) is 3.33. The van der Waals surface area contributed by atoms with E-state index in [1.807, 2.05) is 12.1 Å². The minimum atomic E-state index is 0.190. The van der Waals surface area contributed by atoms with Gasteiger partial charge in [0.05, 0.1) is 12.2 Å². The molecule has 3 heteroatoms. The number of rotatable bonds is 1. The van der Waals surface area contributed by atoms with Crippen molar-refractivity contribution < 1.29 is 9.53 Å². The van der Waals surface area contributed by atoms with Crippen molar-refractivity contribution in [2.75, 3.05) is 6.61 Å². The second-order valence-electron chi connectivity index (χ2n) is 4.40. The Hall–Kier alpha value is -0.830. The van der Waals surface area contributed by atoms with Crippen molar-refractivity contribution in [3.63, 3.8) is 0 Å². The van der Waals surface area contributed by atoms with Crippen molar-refractivity contribution in [1.82, 2.24) is 0 Å². The Morgan fingerprint density at radius 1 is 1.38 bits per heavy atom. The molecule has 0 amide bonds. The molecule has 0 saturated carbocycles. The van der Waals surface area contributed by atoms with Crippen LogP contribution in [-0.2, 0) is 0 Å². The summed E-state index contributed by atoms with van der Waals surface area (Å²) in [4.78, 5) is 11.9. The number of Topliss-reactive ketones (excluding diaryl/α,β-unsaturated/α-hetero) is 1. The van der Waals surface area contributed by atoms with Crippen LogP contribution in [0, 0.1) is 0 Å². The molecular formula is C13H15BrO2. The van der Waals surface area contributed by atoms with Crippen molar-refractivity contribution >= 4 is 21.7 Å². The smallest absolute Gasteiger partial charge is 0.166 e. The van der Waals surface area contributed by atoms with Gasteiger partial charge >= 0.3 is 0 Å². The average molecular weight is 283 g/mol. The largest absolute Gasteiger partial charge is 0.493 e. The minimum absolute atomic E-state index is 0.190. The predicted molar refractivity (Wildman–Crippen MR) is 67.3 cm³/mol. The zero-order chi connectivity index (χ0) is 11.7. The molecule has 1 aromatic carbocycles. The SMILES string of the molecule is CC(C)c1cc(Br)cc2c1OCCCC2=O. The van der Waals surface area contributed by atoms with Crippen LogP contribution in [-0.4, -0.2) is 12.4 Å². The number of fused-ring (bicyclic) bond motifs is 1. The van der Waals surface area contributed by atoms with Gasteiger partial charge in [-0.1, -0.05) is 29.8 Å². The highest BCUT2D eigenvalue weighted by molar-refractivity contribution is 9.10. The molecule has 0 N–H and O–H groups in total. The first-order valence-corrected chi connectivity index (χ1v) is 6.38. The number of benzene rings is 1. The third kappa shape index (κ3) is 2.14. The fraction of sp³-hybridized carbons (Fsp3) is 0.462. The van der Waals surface area contributed by atoms with E-state index in [0.717, 1.165) is 27.8 Å². The summed E-state index contributed by atoms with van der Waals surface area (Å²) in [7, 11) is 0. The van der Waals surface area contributed by atoms with E-state index < -0.39 is 0 Å².